The van der Waals surface area contributed by atoms with Gasteiger partial charge >= 0.3 is 0 Å². The van der Waals surface area contributed by atoms with Gasteiger partial charge in [0.25, 0.3) is 13.4 Å². The molecule has 1 spiro atoms. The van der Waals surface area contributed by atoms with Gasteiger partial charge in [-0.1, -0.05) is 168 Å². The quantitative estimate of drug-likeness (QED) is 0.161. The summed E-state index contributed by atoms with van der Waals surface area (Å²) in [6.07, 6.45) is 0. The number of para-hydroxylation sites is 5. The summed E-state index contributed by atoms with van der Waals surface area (Å²) in [5.41, 5.74) is 14.7. The number of rotatable bonds is 2. The topological polar surface area (TPSA) is 24.9 Å². The van der Waals surface area contributed by atoms with Crippen molar-refractivity contribution in [2.45, 2.75) is 19.6 Å². The van der Waals surface area contributed by atoms with Crippen LogP contribution in [0.3, 0.4) is 0 Å². The largest absolute Gasteiger partial charge is 0.458 e. The van der Waals surface area contributed by atoms with Crippen LogP contribution in [0, 0.1) is 0 Å². The van der Waals surface area contributed by atoms with Crippen molar-refractivity contribution >= 4 is 133 Å². The zero-order valence-corrected chi connectivity index (χ0v) is 39.6. The van der Waals surface area contributed by atoms with Crippen LogP contribution in [0.25, 0.3) is 0 Å². The smallest absolute Gasteiger partial charge is 0.253 e. The van der Waals surface area contributed by atoms with E-state index in [1.807, 2.05) is 23.5 Å². The van der Waals surface area contributed by atoms with Gasteiger partial charge in [0, 0.05) is 54.1 Å². The van der Waals surface area contributed by atoms with Crippen molar-refractivity contribution < 1.29 is 9.47 Å². The van der Waals surface area contributed by atoms with Gasteiger partial charge in [-0.05, 0) is 121 Å². The normalized spacial score (nSPS) is 15.1. The van der Waals surface area contributed by atoms with E-state index in [4.69, 9.17) is 9.47 Å². The van der Waals surface area contributed by atoms with Gasteiger partial charge in [-0.25, -0.2) is 0 Å². The minimum atomic E-state index is -3.04. The van der Waals surface area contributed by atoms with Crippen molar-refractivity contribution in [2.75, 3.05) is 9.80 Å². The fourth-order valence-corrected chi connectivity index (χ4v) is 20.4. The summed E-state index contributed by atoms with van der Waals surface area (Å²) in [5, 5.41) is 5.49. The molecule has 0 bridgehead atoms. The highest BCUT2D eigenvalue weighted by molar-refractivity contribution is 8.00. The van der Waals surface area contributed by atoms with Gasteiger partial charge in [0.1, 0.15) is 23.0 Å². The molecule has 0 saturated heterocycles. The first-order valence-electron chi connectivity index (χ1n) is 23.6. The molecule has 0 aliphatic carbocycles. The molecule has 10 aromatic rings. The molecule has 0 unspecified atom stereocenters. The number of benzene rings is 10. The molecule has 0 aromatic heterocycles. The van der Waals surface area contributed by atoms with Crippen molar-refractivity contribution in [3.63, 3.8) is 0 Å². The first kappa shape index (κ1) is 38.4. The second-order valence-electron chi connectivity index (χ2n) is 18.6. The molecule has 0 N–H and O–H groups in total. The average Bonchev–Trinajstić information content (AvgIpc) is 3.40. The van der Waals surface area contributed by atoms with Gasteiger partial charge in [-0.3, -0.25) is 0 Å². The lowest BCUT2D eigenvalue weighted by Crippen LogP contribution is -2.79. The molecular formula is C60H36B2N2O2S2Si. The molecule has 0 atom stereocenters. The van der Waals surface area contributed by atoms with E-state index < -0.39 is 8.07 Å². The maximum atomic E-state index is 6.95. The van der Waals surface area contributed by atoms with Crippen LogP contribution in [-0.2, 0) is 0 Å². The van der Waals surface area contributed by atoms with Gasteiger partial charge in [0.05, 0.1) is 5.69 Å². The number of anilines is 6. The van der Waals surface area contributed by atoms with Gasteiger partial charge in [0.15, 0.2) is 8.07 Å². The number of nitrogens with zero attached hydrogens (tertiary/aromatic N) is 2. The Hall–Kier alpha value is -7.55. The minimum absolute atomic E-state index is 0.0636. The van der Waals surface area contributed by atoms with E-state index in [9.17, 15) is 0 Å². The third-order valence-electron chi connectivity index (χ3n) is 15.3. The summed E-state index contributed by atoms with van der Waals surface area (Å²) in [7, 11) is -3.04. The Balaban J connectivity index is 0.897. The Morgan fingerprint density at radius 3 is 1.41 bits per heavy atom. The Bertz CT molecular complexity index is 3720. The highest BCUT2D eigenvalue weighted by Gasteiger charge is 2.54. The highest BCUT2D eigenvalue weighted by Crippen LogP contribution is 2.47. The first-order chi connectivity index (χ1) is 34.2. The average molecular weight is 931 g/mol. The van der Waals surface area contributed by atoms with Gasteiger partial charge in [-0.2, -0.15) is 0 Å². The minimum Gasteiger partial charge on any atom is -0.458 e. The van der Waals surface area contributed by atoms with E-state index in [1.165, 1.54) is 95.9 Å². The predicted molar refractivity (Wildman–Crippen MR) is 290 cm³/mol. The van der Waals surface area contributed by atoms with Crippen LogP contribution in [0.4, 0.5) is 34.1 Å². The Kier molecular flexibility index (Phi) is 7.93. The maximum absolute atomic E-state index is 6.95. The van der Waals surface area contributed by atoms with E-state index in [-0.39, 0.29) is 13.4 Å². The molecule has 69 heavy (non-hydrogen) atoms. The van der Waals surface area contributed by atoms with Gasteiger partial charge in [-0.15, -0.1) is 0 Å². The molecular weight excluding hydrogens is 895 g/mol. The summed E-state index contributed by atoms with van der Waals surface area (Å²) in [6.45, 7) is 0.170. The molecule has 0 radical (unpaired) electrons. The molecule has 0 saturated carbocycles. The summed E-state index contributed by atoms with van der Waals surface area (Å²) in [6, 6.07) is 81.4. The van der Waals surface area contributed by atoms with Crippen molar-refractivity contribution in [1.29, 1.82) is 0 Å². The highest BCUT2D eigenvalue weighted by atomic mass is 32.2. The summed E-state index contributed by atoms with van der Waals surface area (Å²) in [4.78, 5) is 10.1. The van der Waals surface area contributed by atoms with Crippen LogP contribution < -0.4 is 72.8 Å². The van der Waals surface area contributed by atoms with Crippen molar-refractivity contribution in [1.82, 2.24) is 0 Å². The van der Waals surface area contributed by atoms with Gasteiger partial charge in [0.2, 0.25) is 0 Å². The van der Waals surface area contributed by atoms with Crippen molar-refractivity contribution in [3.8, 4) is 23.0 Å². The Morgan fingerprint density at radius 2 is 0.768 bits per heavy atom. The molecule has 6 aliphatic heterocycles. The molecule has 0 fully saturated rings. The lowest BCUT2D eigenvalue weighted by atomic mass is 9.35. The van der Waals surface area contributed by atoms with Crippen LogP contribution in [0.5, 0.6) is 23.0 Å². The molecule has 320 valence electrons. The molecule has 4 nitrogen and oxygen atoms in total. The summed E-state index contributed by atoms with van der Waals surface area (Å²) in [5.74, 6) is 3.72. The lowest BCUT2D eigenvalue weighted by Gasteiger charge is -2.50. The zero-order valence-electron chi connectivity index (χ0n) is 37.0. The first-order valence-corrected chi connectivity index (χ1v) is 27.3. The van der Waals surface area contributed by atoms with E-state index in [1.54, 1.807) is 0 Å². The fraction of sp³-hybridized carbons (Fsp3) is 0. The van der Waals surface area contributed by atoms with E-state index in [2.05, 4.69) is 228 Å². The summed E-state index contributed by atoms with van der Waals surface area (Å²) < 4.78 is 13.7. The van der Waals surface area contributed by atoms with Crippen LogP contribution in [0.15, 0.2) is 238 Å². The zero-order chi connectivity index (χ0) is 45.0. The lowest BCUT2D eigenvalue weighted by molar-refractivity contribution is 0.486. The molecule has 16 rings (SSSR count). The third kappa shape index (κ3) is 5.14. The second-order valence-corrected chi connectivity index (χ2v) is 24.4. The number of fused-ring (bicyclic) bond motifs is 16. The van der Waals surface area contributed by atoms with Crippen LogP contribution >= 0.6 is 23.5 Å². The predicted octanol–water partition coefficient (Wildman–Crippen LogP) is 8.80. The van der Waals surface area contributed by atoms with Gasteiger partial charge < -0.3 is 19.3 Å². The SMILES string of the molecule is c1ccc2c(c1)Oc1cc(N3c4ccccc4[Si]4(c5ccccc53)c3ccccc3N(c3ccc5c(c3)B3c6ccccc6Sc6cccc(c63)O5)c3ccccc34)cc3c1B2c1ccccc1S3. The standard InChI is InChI=1S/C60H36B2N2O2S2Si/c1-8-23-47-39(16-1)61-40-17-2-10-26-52(40)68-54-36-38(35-50(66-47)60(54)61)64-45-21-6-13-30-57(45)69(58-31-14-7-22-46(58)64)55-28-11-4-19-43(55)63(44-20-5-12-29-56(44)69)37-32-33-48-42(34-37)62-41-18-3-9-25-51(41)67-53-27-15-24-49(65-48)59(53)62/h1-36H. The molecule has 0 amide bonds. The van der Waals surface area contributed by atoms with E-state index >= 15 is 0 Å². The monoisotopic (exact) mass is 930 g/mol. The number of ether oxygens (including phenoxy) is 2. The van der Waals surface area contributed by atoms with Crippen LogP contribution in [-0.4, -0.2) is 21.5 Å². The van der Waals surface area contributed by atoms with Crippen molar-refractivity contribution in [3.05, 3.63) is 218 Å². The molecule has 10 aromatic carbocycles. The molecule has 6 heterocycles. The van der Waals surface area contributed by atoms with Crippen LogP contribution in [0.2, 0.25) is 0 Å². The fourth-order valence-electron chi connectivity index (χ4n) is 12.6. The molecule has 6 aliphatic rings. The maximum Gasteiger partial charge on any atom is 0.253 e. The number of hydrogen-bond acceptors (Lipinski definition) is 6. The van der Waals surface area contributed by atoms with Crippen LogP contribution in [0.1, 0.15) is 0 Å². The Labute approximate surface area is 410 Å². The Morgan fingerprint density at radius 1 is 0.319 bits per heavy atom. The third-order valence-corrected chi connectivity index (χ3v) is 22.5. The summed E-state index contributed by atoms with van der Waals surface area (Å²) >= 11 is 3.71. The molecule has 9 heteroatoms. The number of hydrogen-bond donors (Lipinski definition) is 0. The van der Waals surface area contributed by atoms with Crippen molar-refractivity contribution in [2.24, 2.45) is 0 Å². The van der Waals surface area contributed by atoms with E-state index in [0.717, 1.165) is 34.4 Å². The second kappa shape index (κ2) is 14.2. The van der Waals surface area contributed by atoms with E-state index in [0.29, 0.717) is 0 Å².